The average molecular weight is 165 g/mol. The Hall–Kier alpha value is -1.30. The Balaban J connectivity index is 0.000000810. The van der Waals surface area contributed by atoms with E-state index >= 15 is 0 Å². The fraction of sp³-hybridized carbons (Fsp3) is 0. The molecule has 6 nitrogen and oxygen atoms in total. The molecule has 0 fully saturated rings. The second-order valence-corrected chi connectivity index (χ2v) is 1.36. The molecule has 0 saturated heterocycles. The van der Waals surface area contributed by atoms with E-state index < -0.39 is 17.1 Å². The summed E-state index contributed by atoms with van der Waals surface area (Å²) in [5.74, 6) is 0. The zero-order valence-electron chi connectivity index (χ0n) is 4.60. The smallest absolute Gasteiger partial charge is 0.330 e. The molecule has 1 rings (SSSR count). The van der Waals surface area contributed by atoms with Crippen LogP contribution in [-0.2, 0) is 0 Å². The van der Waals surface area contributed by atoms with E-state index in [1.165, 1.54) is 0 Å². The fourth-order valence-electron chi connectivity index (χ4n) is 0.403. The monoisotopic (exact) mass is 164 g/mol. The van der Waals surface area contributed by atoms with Crippen LogP contribution in [0.4, 0.5) is 0 Å². The van der Waals surface area contributed by atoms with Crippen molar-refractivity contribution >= 4 is 0 Å². The van der Waals surface area contributed by atoms with Crippen molar-refractivity contribution in [1.29, 1.82) is 0 Å². The van der Waals surface area contributed by atoms with Crippen molar-refractivity contribution in [3.8, 4) is 0 Å². The summed E-state index contributed by atoms with van der Waals surface area (Å²) < 4.78 is 0. The lowest BCUT2D eigenvalue weighted by molar-refractivity contribution is -0.00000232. The number of nitrogens with one attached hydrogen (secondary N) is 3. The van der Waals surface area contributed by atoms with Gasteiger partial charge in [-0.2, -0.15) is 0 Å². The van der Waals surface area contributed by atoms with Crippen LogP contribution in [0.1, 0.15) is 0 Å². The van der Waals surface area contributed by atoms with Gasteiger partial charge < -0.3 is 12.4 Å². The summed E-state index contributed by atoms with van der Waals surface area (Å²) in [6.45, 7) is 0. The van der Waals surface area contributed by atoms with Gasteiger partial charge in [-0.05, 0) is 0 Å². The van der Waals surface area contributed by atoms with Gasteiger partial charge in [0, 0.05) is 0 Å². The molecule has 10 heavy (non-hydrogen) atoms. The minimum absolute atomic E-state index is 0. The maximum absolute atomic E-state index is 10.2. The number of rotatable bonds is 0. The number of hydrogen-bond donors (Lipinski definition) is 3. The molecule has 0 aliphatic carbocycles. The van der Waals surface area contributed by atoms with Gasteiger partial charge in [0.1, 0.15) is 0 Å². The lowest BCUT2D eigenvalue weighted by atomic mass is 11.0. The van der Waals surface area contributed by atoms with E-state index in [2.05, 4.69) is 0 Å². The van der Waals surface area contributed by atoms with Crippen molar-refractivity contribution in [3.05, 3.63) is 31.5 Å². The first-order chi connectivity index (χ1) is 4.18. The maximum atomic E-state index is 10.2. The molecule has 0 unspecified atom stereocenters. The molecule has 1 aromatic rings. The van der Waals surface area contributed by atoms with Crippen molar-refractivity contribution in [2.45, 2.75) is 0 Å². The molecule has 0 atom stereocenters. The summed E-state index contributed by atoms with van der Waals surface area (Å²) in [7, 11) is 0. The highest BCUT2D eigenvalue weighted by atomic mass is 35.5. The summed E-state index contributed by atoms with van der Waals surface area (Å²) in [6, 6.07) is 0. The van der Waals surface area contributed by atoms with Gasteiger partial charge in [-0.3, -0.25) is 15.0 Å². The van der Waals surface area contributed by atoms with Crippen LogP contribution in [0.2, 0.25) is 0 Å². The first kappa shape index (κ1) is 8.70. The normalized spacial score (nSPS) is 8.40. The van der Waals surface area contributed by atoms with Crippen molar-refractivity contribution in [2.24, 2.45) is 0 Å². The highest BCUT2D eigenvalue weighted by Gasteiger charge is 1.84. The quantitative estimate of drug-likeness (QED) is 0.357. The molecule has 0 aliphatic heterocycles. The van der Waals surface area contributed by atoms with Crippen LogP contribution >= 0.6 is 0 Å². The van der Waals surface area contributed by atoms with Gasteiger partial charge in [-0.1, -0.05) is 0 Å². The van der Waals surface area contributed by atoms with E-state index in [4.69, 9.17) is 0 Å². The summed E-state index contributed by atoms with van der Waals surface area (Å²) in [4.78, 5) is 35.9. The molecule has 0 aliphatic rings. The van der Waals surface area contributed by atoms with Crippen LogP contribution in [0.5, 0.6) is 0 Å². The number of aromatic amines is 3. The second-order valence-electron chi connectivity index (χ2n) is 1.36. The maximum Gasteiger partial charge on any atom is 0.330 e. The summed E-state index contributed by atoms with van der Waals surface area (Å²) in [5, 5.41) is 0. The highest BCUT2D eigenvalue weighted by molar-refractivity contribution is 4.60. The Bertz CT molecular complexity index is 281. The molecular formula is C3H3ClN3O3-. The molecule has 0 spiro atoms. The second kappa shape index (κ2) is 3.02. The van der Waals surface area contributed by atoms with E-state index in [1.54, 1.807) is 15.0 Å². The van der Waals surface area contributed by atoms with Crippen molar-refractivity contribution in [2.75, 3.05) is 0 Å². The van der Waals surface area contributed by atoms with Crippen LogP contribution in [0.15, 0.2) is 14.4 Å². The third-order valence-corrected chi connectivity index (χ3v) is 0.681. The highest BCUT2D eigenvalue weighted by Crippen LogP contribution is 1.29. The first-order valence-electron chi connectivity index (χ1n) is 2.11. The van der Waals surface area contributed by atoms with E-state index in [0.717, 1.165) is 0 Å². The third-order valence-electron chi connectivity index (χ3n) is 0.681. The minimum Gasteiger partial charge on any atom is -1.00 e. The fourth-order valence-corrected chi connectivity index (χ4v) is 0.403. The average Bonchev–Trinajstić information content (AvgIpc) is 1.59. The van der Waals surface area contributed by atoms with E-state index in [1.807, 2.05) is 0 Å². The van der Waals surface area contributed by atoms with Crippen LogP contribution in [0.25, 0.3) is 0 Å². The standard InChI is InChI=1S/C3H3N3O3.ClH/c7-1-4-2(8)6-3(9)5-1;/h(H3,4,5,6,7,8,9);1H/p-1. The predicted octanol–water partition coefficient (Wildman–Crippen LogP) is -5.24. The molecule has 0 amide bonds. The molecule has 1 aromatic heterocycles. The van der Waals surface area contributed by atoms with Gasteiger partial charge in [0.25, 0.3) is 0 Å². The van der Waals surface area contributed by atoms with Crippen LogP contribution in [0.3, 0.4) is 0 Å². The minimum atomic E-state index is -0.802. The molecule has 1 heterocycles. The van der Waals surface area contributed by atoms with Crippen LogP contribution in [0, 0.1) is 0 Å². The summed E-state index contributed by atoms with van der Waals surface area (Å²) in [5.41, 5.74) is -2.41. The van der Waals surface area contributed by atoms with Crippen molar-refractivity contribution in [1.82, 2.24) is 15.0 Å². The van der Waals surface area contributed by atoms with Crippen LogP contribution in [-0.4, -0.2) is 15.0 Å². The molecule has 0 aromatic carbocycles. The molecule has 7 heteroatoms. The SMILES string of the molecule is O=c1[nH]c(=O)[nH]c(=O)[nH]1.[Cl-]. The van der Waals surface area contributed by atoms with Gasteiger partial charge in [0.2, 0.25) is 0 Å². The molecule has 0 radical (unpaired) electrons. The Morgan fingerprint density at radius 1 is 0.700 bits per heavy atom. The molecule has 3 N–H and O–H groups in total. The van der Waals surface area contributed by atoms with Gasteiger partial charge in [-0.15, -0.1) is 0 Å². The number of H-pyrrole nitrogens is 3. The lowest BCUT2D eigenvalue weighted by Crippen LogP contribution is -3.00. The molecule has 0 saturated carbocycles. The van der Waals surface area contributed by atoms with E-state index in [9.17, 15) is 14.4 Å². The zero-order chi connectivity index (χ0) is 6.85. The zero-order valence-corrected chi connectivity index (χ0v) is 5.36. The number of halogens is 1. The van der Waals surface area contributed by atoms with Crippen molar-refractivity contribution in [3.63, 3.8) is 0 Å². The summed E-state index contributed by atoms with van der Waals surface area (Å²) in [6.07, 6.45) is 0. The Morgan fingerprint density at radius 2 is 0.900 bits per heavy atom. The van der Waals surface area contributed by atoms with Gasteiger partial charge in [0.05, 0.1) is 0 Å². The largest absolute Gasteiger partial charge is 1.00 e. The number of hydrogen-bond acceptors (Lipinski definition) is 3. The Kier molecular flexibility index (Phi) is 2.63. The predicted molar refractivity (Wildman–Crippen MR) is 28.3 cm³/mol. The van der Waals surface area contributed by atoms with Crippen LogP contribution < -0.4 is 29.5 Å². The van der Waals surface area contributed by atoms with Crippen molar-refractivity contribution < 1.29 is 12.4 Å². The van der Waals surface area contributed by atoms with E-state index in [0.29, 0.717) is 0 Å². The molecule has 0 bridgehead atoms. The topological polar surface area (TPSA) is 98.6 Å². The lowest BCUT2D eigenvalue weighted by Gasteiger charge is -1.77. The molecule has 56 valence electrons. The first-order valence-corrected chi connectivity index (χ1v) is 2.11. The third kappa shape index (κ3) is 1.90. The molecular weight excluding hydrogens is 162 g/mol. The van der Waals surface area contributed by atoms with Gasteiger partial charge in [0.15, 0.2) is 0 Å². The Labute approximate surface area is 59.7 Å². The Morgan fingerprint density at radius 3 is 1.10 bits per heavy atom. The van der Waals surface area contributed by atoms with E-state index in [-0.39, 0.29) is 12.4 Å². The summed E-state index contributed by atoms with van der Waals surface area (Å²) >= 11 is 0. The number of aromatic nitrogens is 3. The van der Waals surface area contributed by atoms with Gasteiger partial charge >= 0.3 is 17.1 Å². The van der Waals surface area contributed by atoms with Gasteiger partial charge in [-0.25, -0.2) is 14.4 Å².